The van der Waals surface area contributed by atoms with Crippen LogP contribution in [-0.2, 0) is 9.22 Å². The second kappa shape index (κ2) is 8.97. The van der Waals surface area contributed by atoms with E-state index in [2.05, 4.69) is 44.4 Å². The number of carbonyl (C=O) groups excluding carboxylic acids is 1. The number of hydrazone groups is 1. The van der Waals surface area contributed by atoms with Gasteiger partial charge in [-0.15, -0.1) is 0 Å². The topological polar surface area (TPSA) is 59.9 Å². The van der Waals surface area contributed by atoms with E-state index in [1.807, 2.05) is 6.92 Å². The first-order chi connectivity index (χ1) is 14.0. The third kappa shape index (κ3) is 5.24. The van der Waals surface area contributed by atoms with Crippen molar-refractivity contribution >= 4 is 32.3 Å². The van der Waals surface area contributed by atoms with Crippen LogP contribution in [0.5, 0.6) is 5.75 Å². The number of carbonyl (C=O) groups is 1. The van der Waals surface area contributed by atoms with Gasteiger partial charge in [0.25, 0.3) is 0 Å². The lowest BCUT2D eigenvalue weighted by atomic mass is 9.86. The van der Waals surface area contributed by atoms with Gasteiger partial charge >= 0.3 is 0 Å². The average molecular weight is 454 g/mol. The van der Waals surface area contributed by atoms with Crippen molar-refractivity contribution < 1.29 is 18.3 Å². The Morgan fingerprint density at radius 2 is 2.07 bits per heavy atom. The van der Waals surface area contributed by atoms with Crippen LogP contribution in [0.2, 0.25) is 18.1 Å². The largest absolute Gasteiger partial charge is 0.492 e. The highest BCUT2D eigenvalue weighted by Crippen LogP contribution is 2.48. The van der Waals surface area contributed by atoms with Crippen molar-refractivity contribution in [2.24, 2.45) is 28.3 Å². The standard InChI is InChI=1S/C22H31ClFN2O3Si/c1-12-9-17(27)25-26-20(12)14-7-8-16(18(23)19(14)24)28-11-13-10-15(13)21(22(2,3)4)29-30(5)6/h7-8,12-13,15,21H,9-11H2,1-6H3,(H,25,27). The lowest BCUT2D eigenvalue weighted by Crippen LogP contribution is -2.35. The second-order valence-electron chi connectivity index (χ2n) is 9.66. The zero-order valence-corrected chi connectivity index (χ0v) is 20.3. The van der Waals surface area contributed by atoms with Crippen molar-refractivity contribution in [1.29, 1.82) is 0 Å². The number of nitrogens with zero attached hydrogens (tertiary/aromatic N) is 1. The molecule has 165 valence electrons. The molecule has 1 aromatic rings. The monoisotopic (exact) mass is 453 g/mol. The van der Waals surface area contributed by atoms with Crippen molar-refractivity contribution in [1.82, 2.24) is 5.43 Å². The quantitative estimate of drug-likeness (QED) is 0.588. The summed E-state index contributed by atoms with van der Waals surface area (Å²) in [6, 6.07) is 3.30. The Kier molecular flexibility index (Phi) is 6.94. The van der Waals surface area contributed by atoms with Crippen LogP contribution in [0.1, 0.15) is 46.1 Å². The SMILES string of the molecule is CC1CC(=O)NN=C1c1ccc(OCC2CC2C(O[Si](C)C)C(C)(C)C)c(Cl)c1F. The first-order valence-electron chi connectivity index (χ1n) is 10.4. The Bertz CT molecular complexity index is 840. The molecule has 0 spiro atoms. The molecule has 1 aliphatic heterocycles. The van der Waals surface area contributed by atoms with Crippen LogP contribution in [0.4, 0.5) is 4.39 Å². The first kappa shape index (κ1) is 23.2. The van der Waals surface area contributed by atoms with Gasteiger partial charge in [0, 0.05) is 17.9 Å². The molecule has 4 unspecified atom stereocenters. The lowest BCUT2D eigenvalue weighted by molar-refractivity contribution is -0.121. The van der Waals surface area contributed by atoms with Gasteiger partial charge in [0.2, 0.25) is 14.9 Å². The summed E-state index contributed by atoms with van der Waals surface area (Å²) in [6.07, 6.45) is 1.52. The minimum Gasteiger partial charge on any atom is -0.492 e. The number of benzene rings is 1. The minimum atomic E-state index is -0.794. The molecule has 1 amide bonds. The minimum absolute atomic E-state index is 0.0484. The Labute approximate surface area is 185 Å². The maximum atomic E-state index is 14.9. The van der Waals surface area contributed by atoms with Crippen LogP contribution in [0.25, 0.3) is 0 Å². The van der Waals surface area contributed by atoms with Gasteiger partial charge in [0.15, 0.2) is 5.82 Å². The number of nitrogens with one attached hydrogen (secondary N) is 1. The normalized spacial score (nSPS) is 25.0. The molecule has 1 radical (unpaired) electrons. The molecule has 3 rings (SSSR count). The molecular weight excluding hydrogens is 423 g/mol. The van der Waals surface area contributed by atoms with Gasteiger partial charge in [-0.3, -0.25) is 4.79 Å². The van der Waals surface area contributed by atoms with Crippen LogP contribution < -0.4 is 10.2 Å². The van der Waals surface area contributed by atoms with E-state index in [0.29, 0.717) is 35.5 Å². The van der Waals surface area contributed by atoms with E-state index in [4.69, 9.17) is 20.8 Å². The molecule has 0 bridgehead atoms. The van der Waals surface area contributed by atoms with E-state index in [9.17, 15) is 9.18 Å². The first-order valence-corrected chi connectivity index (χ1v) is 13.2. The highest BCUT2D eigenvalue weighted by atomic mass is 35.5. The van der Waals surface area contributed by atoms with Gasteiger partial charge in [0.1, 0.15) is 10.8 Å². The summed E-state index contributed by atoms with van der Waals surface area (Å²) in [5.74, 6) is 0.250. The molecule has 1 aromatic carbocycles. The molecule has 2 aliphatic rings. The summed E-state index contributed by atoms with van der Waals surface area (Å²) in [6.45, 7) is 13.3. The van der Waals surface area contributed by atoms with Crippen LogP contribution in [0, 0.1) is 29.0 Å². The molecule has 1 saturated carbocycles. The van der Waals surface area contributed by atoms with E-state index in [-0.39, 0.29) is 34.8 Å². The summed E-state index contributed by atoms with van der Waals surface area (Å²) in [5, 5.41) is 3.97. The number of hydrogen-bond donors (Lipinski definition) is 1. The Hall–Kier alpha value is -1.44. The summed E-state index contributed by atoms with van der Waals surface area (Å²) >= 11 is 6.28. The molecule has 1 aliphatic carbocycles. The zero-order chi connectivity index (χ0) is 22.2. The lowest BCUT2D eigenvalue weighted by Gasteiger charge is -2.33. The van der Waals surface area contributed by atoms with E-state index < -0.39 is 14.9 Å². The zero-order valence-electron chi connectivity index (χ0n) is 18.5. The summed E-state index contributed by atoms with van der Waals surface area (Å²) in [5.41, 5.74) is 3.27. The second-order valence-corrected chi connectivity index (χ2v) is 12.1. The summed E-state index contributed by atoms with van der Waals surface area (Å²) < 4.78 is 27.1. The number of hydrogen-bond acceptors (Lipinski definition) is 4. The molecular formula is C22H31ClFN2O3Si. The van der Waals surface area contributed by atoms with Crippen molar-refractivity contribution in [2.45, 2.75) is 59.7 Å². The number of amides is 1. The van der Waals surface area contributed by atoms with Gasteiger partial charge in [0.05, 0.1) is 18.4 Å². The fourth-order valence-corrected chi connectivity index (χ4v) is 5.27. The Balaban J connectivity index is 1.66. The average Bonchev–Trinajstić information content (AvgIpc) is 3.40. The Morgan fingerprint density at radius 1 is 1.37 bits per heavy atom. The molecule has 1 N–H and O–H groups in total. The van der Waals surface area contributed by atoms with Crippen molar-refractivity contribution in [3.63, 3.8) is 0 Å². The number of ether oxygens (including phenoxy) is 1. The third-order valence-electron chi connectivity index (χ3n) is 5.62. The smallest absolute Gasteiger partial charge is 0.240 e. The maximum absolute atomic E-state index is 14.9. The van der Waals surface area contributed by atoms with Gasteiger partial charge in [-0.25, -0.2) is 9.82 Å². The molecule has 5 nitrogen and oxygen atoms in total. The van der Waals surface area contributed by atoms with Crippen molar-refractivity contribution in [3.8, 4) is 5.75 Å². The van der Waals surface area contributed by atoms with Crippen LogP contribution in [0.3, 0.4) is 0 Å². The van der Waals surface area contributed by atoms with Crippen LogP contribution in [0.15, 0.2) is 17.2 Å². The third-order valence-corrected chi connectivity index (χ3v) is 6.70. The fourth-order valence-electron chi connectivity index (χ4n) is 4.01. The van der Waals surface area contributed by atoms with Gasteiger partial charge in [-0.05, 0) is 48.9 Å². The molecule has 30 heavy (non-hydrogen) atoms. The van der Waals surface area contributed by atoms with Gasteiger partial charge in [-0.2, -0.15) is 5.10 Å². The van der Waals surface area contributed by atoms with Crippen molar-refractivity contribution in [3.05, 3.63) is 28.5 Å². The molecule has 0 aromatic heterocycles. The predicted molar refractivity (Wildman–Crippen MR) is 119 cm³/mol. The summed E-state index contributed by atoms with van der Waals surface area (Å²) in [7, 11) is -0.794. The molecule has 1 heterocycles. The fraction of sp³-hybridized carbons (Fsp3) is 0.636. The van der Waals surface area contributed by atoms with Crippen molar-refractivity contribution in [2.75, 3.05) is 6.61 Å². The van der Waals surface area contributed by atoms with Crippen LogP contribution in [-0.4, -0.2) is 33.4 Å². The molecule has 8 heteroatoms. The highest BCUT2D eigenvalue weighted by molar-refractivity contribution is 6.48. The van der Waals surface area contributed by atoms with Gasteiger partial charge < -0.3 is 9.16 Å². The highest BCUT2D eigenvalue weighted by Gasteiger charge is 2.48. The molecule has 4 atom stereocenters. The summed E-state index contributed by atoms with van der Waals surface area (Å²) in [4.78, 5) is 11.4. The molecule has 0 saturated heterocycles. The molecule has 1 fully saturated rings. The van der Waals surface area contributed by atoms with E-state index in [1.54, 1.807) is 12.1 Å². The van der Waals surface area contributed by atoms with Crippen LogP contribution >= 0.6 is 11.6 Å². The predicted octanol–water partition coefficient (Wildman–Crippen LogP) is 5.04. The Morgan fingerprint density at radius 3 is 2.67 bits per heavy atom. The maximum Gasteiger partial charge on any atom is 0.240 e. The number of rotatable bonds is 7. The van der Waals surface area contributed by atoms with E-state index >= 15 is 0 Å². The van der Waals surface area contributed by atoms with E-state index in [0.717, 1.165) is 6.42 Å². The number of halogens is 2. The van der Waals surface area contributed by atoms with E-state index in [1.165, 1.54) is 0 Å². The van der Waals surface area contributed by atoms with Gasteiger partial charge in [-0.1, -0.05) is 39.3 Å².